The van der Waals surface area contributed by atoms with Crippen LogP contribution in [0.4, 0.5) is 0 Å². The van der Waals surface area contributed by atoms with Crippen LogP contribution in [0, 0.1) is 0 Å². The van der Waals surface area contributed by atoms with Crippen molar-refractivity contribution in [3.63, 3.8) is 0 Å². The summed E-state index contributed by atoms with van der Waals surface area (Å²) in [4.78, 5) is 9.13. The van der Waals surface area contributed by atoms with Crippen LogP contribution in [0.3, 0.4) is 0 Å². The summed E-state index contributed by atoms with van der Waals surface area (Å²) in [7, 11) is 1.90. The van der Waals surface area contributed by atoms with Gasteiger partial charge in [-0.25, -0.2) is 4.98 Å². The minimum Gasteiger partial charge on any atom is -0.471 e. The summed E-state index contributed by atoms with van der Waals surface area (Å²) in [6.45, 7) is 0.454. The van der Waals surface area contributed by atoms with Gasteiger partial charge >= 0.3 is 0 Å². The van der Waals surface area contributed by atoms with E-state index in [1.165, 1.54) is 23.8 Å². The Morgan fingerprint density at radius 3 is 2.52 bits per heavy atom. The average Bonchev–Trinajstić information content (AvgIpc) is 3.64. The third-order valence-electron chi connectivity index (χ3n) is 6.16. The molecule has 0 spiro atoms. The summed E-state index contributed by atoms with van der Waals surface area (Å²) < 4.78 is 7.88. The number of pyridine rings is 2. The summed E-state index contributed by atoms with van der Waals surface area (Å²) in [5.41, 5.74) is 7.77. The van der Waals surface area contributed by atoms with Crippen molar-refractivity contribution in [1.82, 2.24) is 19.7 Å². The van der Waals surface area contributed by atoms with Gasteiger partial charge in [-0.1, -0.05) is 42.5 Å². The molecular formula is C28H24N4O. The van der Waals surface area contributed by atoms with Crippen molar-refractivity contribution >= 4 is 10.9 Å². The van der Waals surface area contributed by atoms with E-state index in [9.17, 15) is 0 Å². The molecule has 6 rings (SSSR count). The molecule has 0 bridgehead atoms. The first-order chi connectivity index (χ1) is 16.2. The van der Waals surface area contributed by atoms with Crippen LogP contribution >= 0.6 is 0 Å². The molecule has 5 nitrogen and oxygen atoms in total. The second kappa shape index (κ2) is 8.17. The monoisotopic (exact) mass is 432 g/mol. The minimum atomic E-state index is 0.454. The van der Waals surface area contributed by atoms with E-state index in [-0.39, 0.29) is 0 Å². The first-order valence-corrected chi connectivity index (χ1v) is 11.3. The number of hydrogen-bond donors (Lipinski definition) is 0. The maximum absolute atomic E-state index is 6.11. The number of fused-ring (bicyclic) bond motifs is 1. The fourth-order valence-corrected chi connectivity index (χ4v) is 4.28. The van der Waals surface area contributed by atoms with Gasteiger partial charge in [0.15, 0.2) is 0 Å². The fourth-order valence-electron chi connectivity index (χ4n) is 4.28. The predicted molar refractivity (Wildman–Crippen MR) is 130 cm³/mol. The van der Waals surface area contributed by atoms with Gasteiger partial charge in [0.05, 0.1) is 16.8 Å². The quantitative estimate of drug-likeness (QED) is 0.323. The van der Waals surface area contributed by atoms with Crippen molar-refractivity contribution in [3.8, 4) is 28.3 Å². The van der Waals surface area contributed by atoms with E-state index in [1.54, 1.807) is 17.1 Å². The average molecular weight is 433 g/mol. The zero-order valence-electron chi connectivity index (χ0n) is 18.5. The number of aromatic nitrogens is 4. The Kier molecular flexibility index (Phi) is 4.87. The summed E-state index contributed by atoms with van der Waals surface area (Å²) in [5.74, 6) is 1.26. The summed E-state index contributed by atoms with van der Waals surface area (Å²) in [6.07, 6.45) is 8.04. The van der Waals surface area contributed by atoms with E-state index in [1.807, 2.05) is 31.4 Å². The Morgan fingerprint density at radius 1 is 0.939 bits per heavy atom. The Bertz CT molecular complexity index is 1420. The van der Waals surface area contributed by atoms with Crippen molar-refractivity contribution in [2.45, 2.75) is 25.4 Å². The van der Waals surface area contributed by atoms with Crippen LogP contribution in [0.5, 0.6) is 5.88 Å². The smallest absolute Gasteiger partial charge is 0.241 e. The third-order valence-corrected chi connectivity index (χ3v) is 6.16. The molecular weight excluding hydrogens is 408 g/mol. The third kappa shape index (κ3) is 3.98. The molecule has 3 aromatic heterocycles. The van der Waals surface area contributed by atoms with Crippen LogP contribution < -0.4 is 4.74 Å². The normalized spacial score (nSPS) is 13.4. The Balaban J connectivity index is 1.25. The van der Waals surface area contributed by atoms with Crippen LogP contribution in [-0.4, -0.2) is 19.7 Å². The standard InChI is InChI=1S/C28H24N4O/c1-32-17-25(21-12-14-29-15-13-21)28(31-32)33-18-19-6-8-22(9-7-19)27-24(20-10-11-20)16-23-4-2-3-5-26(23)30-27/h2-9,12-17,20H,10-11,18H2,1H3. The number of rotatable bonds is 6. The second-order valence-electron chi connectivity index (χ2n) is 8.64. The van der Waals surface area contributed by atoms with Crippen molar-refractivity contribution in [3.05, 3.63) is 96.4 Å². The van der Waals surface area contributed by atoms with E-state index in [2.05, 4.69) is 58.6 Å². The first kappa shape index (κ1) is 19.7. The lowest BCUT2D eigenvalue weighted by atomic mass is 9.99. The number of nitrogens with zero attached hydrogens (tertiary/aromatic N) is 4. The first-order valence-electron chi connectivity index (χ1n) is 11.3. The molecule has 0 radical (unpaired) electrons. The highest BCUT2D eigenvalue weighted by molar-refractivity contribution is 5.84. The van der Waals surface area contributed by atoms with Gasteiger partial charge < -0.3 is 4.74 Å². The number of benzene rings is 2. The molecule has 5 aromatic rings. The van der Waals surface area contributed by atoms with Crippen LogP contribution in [-0.2, 0) is 13.7 Å². The van der Waals surface area contributed by atoms with Crippen LogP contribution in [0.25, 0.3) is 33.3 Å². The molecule has 162 valence electrons. The Hall–Kier alpha value is -3.99. The molecule has 0 N–H and O–H groups in total. The molecule has 1 aliphatic rings. The molecule has 2 aromatic carbocycles. The molecule has 3 heterocycles. The number of aryl methyl sites for hydroxylation is 1. The fraction of sp³-hybridized carbons (Fsp3) is 0.179. The number of para-hydroxylation sites is 1. The highest BCUT2D eigenvalue weighted by Crippen LogP contribution is 2.44. The molecule has 1 fully saturated rings. The van der Waals surface area contributed by atoms with Gasteiger partial charge in [0.25, 0.3) is 0 Å². The van der Waals surface area contributed by atoms with Gasteiger partial charge in [-0.3, -0.25) is 9.67 Å². The van der Waals surface area contributed by atoms with Crippen LogP contribution in [0.15, 0.2) is 85.3 Å². The van der Waals surface area contributed by atoms with Crippen LogP contribution in [0.1, 0.15) is 29.9 Å². The molecule has 33 heavy (non-hydrogen) atoms. The number of ether oxygens (including phenoxy) is 1. The largest absolute Gasteiger partial charge is 0.471 e. The molecule has 5 heteroatoms. The summed E-state index contributed by atoms with van der Waals surface area (Å²) in [5, 5.41) is 5.71. The number of hydrogen-bond acceptors (Lipinski definition) is 4. The highest BCUT2D eigenvalue weighted by Gasteiger charge is 2.27. The Labute approximate surface area is 192 Å². The summed E-state index contributed by atoms with van der Waals surface area (Å²) >= 11 is 0. The lowest BCUT2D eigenvalue weighted by molar-refractivity contribution is 0.292. The van der Waals surface area contributed by atoms with E-state index in [4.69, 9.17) is 9.72 Å². The van der Waals surface area contributed by atoms with Crippen LogP contribution in [0.2, 0.25) is 0 Å². The zero-order chi connectivity index (χ0) is 22.2. The zero-order valence-corrected chi connectivity index (χ0v) is 18.5. The predicted octanol–water partition coefficient (Wildman–Crippen LogP) is 6.15. The minimum absolute atomic E-state index is 0.454. The second-order valence-corrected chi connectivity index (χ2v) is 8.64. The van der Waals surface area contributed by atoms with E-state index in [0.717, 1.165) is 33.5 Å². The van der Waals surface area contributed by atoms with Gasteiger partial charge in [-0.05, 0) is 59.7 Å². The van der Waals surface area contributed by atoms with Crippen molar-refractivity contribution in [2.24, 2.45) is 7.05 Å². The van der Waals surface area contributed by atoms with E-state index < -0.39 is 0 Å². The lowest BCUT2D eigenvalue weighted by Gasteiger charge is -2.11. The van der Waals surface area contributed by atoms with E-state index >= 15 is 0 Å². The van der Waals surface area contributed by atoms with Gasteiger partial charge in [0, 0.05) is 36.6 Å². The van der Waals surface area contributed by atoms with Crippen molar-refractivity contribution in [1.29, 1.82) is 0 Å². The Morgan fingerprint density at radius 2 is 1.73 bits per heavy atom. The van der Waals surface area contributed by atoms with Gasteiger partial charge in [0.1, 0.15) is 6.61 Å². The topological polar surface area (TPSA) is 52.8 Å². The molecule has 0 amide bonds. The van der Waals surface area contributed by atoms with E-state index in [0.29, 0.717) is 18.4 Å². The highest BCUT2D eigenvalue weighted by atomic mass is 16.5. The lowest BCUT2D eigenvalue weighted by Crippen LogP contribution is -1.98. The van der Waals surface area contributed by atoms with Crippen molar-refractivity contribution < 1.29 is 4.74 Å². The van der Waals surface area contributed by atoms with Gasteiger partial charge in [-0.15, -0.1) is 5.10 Å². The maximum Gasteiger partial charge on any atom is 0.241 e. The molecule has 1 saturated carbocycles. The molecule has 1 aliphatic carbocycles. The maximum atomic E-state index is 6.11. The van der Waals surface area contributed by atoms with Crippen molar-refractivity contribution in [2.75, 3.05) is 0 Å². The van der Waals surface area contributed by atoms with Gasteiger partial charge in [0.2, 0.25) is 5.88 Å². The molecule has 0 unspecified atom stereocenters. The molecule has 0 aliphatic heterocycles. The SMILES string of the molecule is Cn1cc(-c2ccncc2)c(OCc2ccc(-c3nc4ccccc4cc3C3CC3)cc2)n1. The van der Waals surface area contributed by atoms with Gasteiger partial charge in [-0.2, -0.15) is 0 Å². The molecule has 0 saturated heterocycles. The summed E-state index contributed by atoms with van der Waals surface area (Å²) in [6, 6.07) is 23.2. The molecule has 0 atom stereocenters.